The van der Waals surface area contributed by atoms with E-state index in [4.69, 9.17) is 16.9 Å². The van der Waals surface area contributed by atoms with Crippen LogP contribution in [0.4, 0.5) is 8.78 Å². The summed E-state index contributed by atoms with van der Waals surface area (Å²) < 4.78 is 24.2. The summed E-state index contributed by atoms with van der Waals surface area (Å²) in [5.74, 6) is 0. The maximum absolute atomic E-state index is 12.1. The molecule has 1 heterocycles. The Balaban J connectivity index is 3.00. The molecule has 0 radical (unpaired) electrons. The molecule has 5 heteroatoms. The molecule has 0 aliphatic carbocycles. The quantitative estimate of drug-likeness (QED) is 0.740. The Morgan fingerprint density at radius 2 is 2.31 bits per heavy atom. The molecule has 0 saturated carbocycles. The molecule has 0 aromatic carbocycles. The van der Waals surface area contributed by atoms with E-state index in [2.05, 4.69) is 4.98 Å². The lowest BCUT2D eigenvalue weighted by Crippen LogP contribution is -1.93. The van der Waals surface area contributed by atoms with Crippen molar-refractivity contribution >= 4 is 11.6 Å². The van der Waals surface area contributed by atoms with Crippen molar-refractivity contribution in [3.05, 3.63) is 28.5 Å². The van der Waals surface area contributed by atoms with Crippen LogP contribution in [0.3, 0.4) is 0 Å². The summed E-state index contributed by atoms with van der Waals surface area (Å²) in [7, 11) is 0. The zero-order chi connectivity index (χ0) is 9.84. The Morgan fingerprint density at radius 3 is 2.77 bits per heavy atom. The van der Waals surface area contributed by atoms with Gasteiger partial charge in [0.25, 0.3) is 6.43 Å². The second-order valence-corrected chi connectivity index (χ2v) is 2.74. The Kier molecular flexibility index (Phi) is 3.15. The molecule has 0 N–H and O–H groups in total. The maximum Gasteiger partial charge on any atom is 0.280 e. The number of alkyl halides is 2. The molecule has 1 aromatic rings. The molecule has 0 aliphatic heterocycles. The molecule has 0 spiro atoms. The van der Waals surface area contributed by atoms with Gasteiger partial charge in [-0.15, -0.1) is 0 Å². The Labute approximate surface area is 78.8 Å². The van der Waals surface area contributed by atoms with Crippen LogP contribution in [0, 0.1) is 11.3 Å². The number of rotatable bonds is 2. The third-order valence-electron chi connectivity index (χ3n) is 1.44. The lowest BCUT2D eigenvalue weighted by molar-refractivity contribution is 0.146. The molecule has 0 bridgehead atoms. The third kappa shape index (κ3) is 2.36. The number of aromatic nitrogens is 1. The first kappa shape index (κ1) is 9.87. The van der Waals surface area contributed by atoms with E-state index in [1.165, 1.54) is 6.20 Å². The highest BCUT2D eigenvalue weighted by molar-refractivity contribution is 6.31. The minimum absolute atomic E-state index is 0.0787. The lowest BCUT2D eigenvalue weighted by Gasteiger charge is -2.01. The van der Waals surface area contributed by atoms with Crippen molar-refractivity contribution in [3.63, 3.8) is 0 Å². The van der Waals surface area contributed by atoms with Crippen molar-refractivity contribution < 1.29 is 8.78 Å². The predicted molar refractivity (Wildman–Crippen MR) is 43.5 cm³/mol. The number of halogens is 3. The van der Waals surface area contributed by atoms with Crippen molar-refractivity contribution in [2.45, 2.75) is 12.8 Å². The van der Waals surface area contributed by atoms with Gasteiger partial charge in [-0.3, -0.25) is 4.98 Å². The Bertz CT molecular complexity index is 346. The van der Waals surface area contributed by atoms with Gasteiger partial charge in [-0.25, -0.2) is 8.78 Å². The van der Waals surface area contributed by atoms with E-state index in [0.29, 0.717) is 5.56 Å². The van der Waals surface area contributed by atoms with E-state index < -0.39 is 6.43 Å². The molecule has 1 aromatic heterocycles. The van der Waals surface area contributed by atoms with Crippen LogP contribution in [0.15, 0.2) is 12.3 Å². The van der Waals surface area contributed by atoms with Crippen molar-refractivity contribution in [1.29, 1.82) is 5.26 Å². The second-order valence-electron chi connectivity index (χ2n) is 2.34. The van der Waals surface area contributed by atoms with E-state index in [1.807, 2.05) is 6.07 Å². The smallest absolute Gasteiger partial charge is 0.255 e. The van der Waals surface area contributed by atoms with Crippen LogP contribution in [-0.2, 0) is 6.42 Å². The van der Waals surface area contributed by atoms with Crippen LogP contribution in [0.1, 0.15) is 17.7 Å². The van der Waals surface area contributed by atoms with Gasteiger partial charge < -0.3 is 0 Å². The standard InChI is InChI=1S/C8H5ClF2N2/c9-6-3-7(8(10)11)13-4-5(6)1-2-12/h3-4,8H,1H2. The SMILES string of the molecule is N#CCc1cnc(C(F)F)cc1Cl. The molecule has 0 unspecified atom stereocenters. The molecule has 68 valence electrons. The molecular weight excluding hydrogens is 198 g/mol. The molecule has 0 amide bonds. The van der Waals surface area contributed by atoms with Crippen LogP contribution in [-0.4, -0.2) is 4.98 Å². The topological polar surface area (TPSA) is 36.7 Å². The van der Waals surface area contributed by atoms with E-state index in [0.717, 1.165) is 6.07 Å². The van der Waals surface area contributed by atoms with Gasteiger partial charge in [-0.1, -0.05) is 11.6 Å². The van der Waals surface area contributed by atoms with Gasteiger partial charge in [-0.05, 0) is 6.07 Å². The molecule has 2 nitrogen and oxygen atoms in total. The van der Waals surface area contributed by atoms with Crippen molar-refractivity contribution in [1.82, 2.24) is 4.98 Å². The maximum atomic E-state index is 12.1. The number of nitriles is 1. The van der Waals surface area contributed by atoms with Crippen LogP contribution in [0.5, 0.6) is 0 Å². The second kappa shape index (κ2) is 4.15. The lowest BCUT2D eigenvalue weighted by atomic mass is 10.2. The van der Waals surface area contributed by atoms with Crippen LogP contribution < -0.4 is 0 Å². The first-order valence-electron chi connectivity index (χ1n) is 3.44. The average Bonchev–Trinajstić information content (AvgIpc) is 2.08. The zero-order valence-corrected chi connectivity index (χ0v) is 7.22. The van der Waals surface area contributed by atoms with Crippen molar-refractivity contribution in [2.24, 2.45) is 0 Å². The van der Waals surface area contributed by atoms with E-state index in [9.17, 15) is 8.78 Å². The highest BCUT2D eigenvalue weighted by Crippen LogP contribution is 2.22. The fourth-order valence-corrected chi connectivity index (χ4v) is 1.04. The monoisotopic (exact) mass is 202 g/mol. The fraction of sp³-hybridized carbons (Fsp3) is 0.250. The summed E-state index contributed by atoms with van der Waals surface area (Å²) in [6.45, 7) is 0. The van der Waals surface area contributed by atoms with Gasteiger partial charge in [0, 0.05) is 16.8 Å². The minimum Gasteiger partial charge on any atom is -0.255 e. The first-order chi connectivity index (χ1) is 6.15. The summed E-state index contributed by atoms with van der Waals surface area (Å²) in [5.41, 5.74) is 0.0975. The number of hydrogen-bond acceptors (Lipinski definition) is 2. The average molecular weight is 203 g/mol. The summed E-state index contributed by atoms with van der Waals surface area (Å²) >= 11 is 5.63. The molecule has 0 saturated heterocycles. The molecule has 13 heavy (non-hydrogen) atoms. The highest BCUT2D eigenvalue weighted by atomic mass is 35.5. The molecule has 0 aliphatic rings. The molecular formula is C8H5ClF2N2. The van der Waals surface area contributed by atoms with Gasteiger partial charge >= 0.3 is 0 Å². The summed E-state index contributed by atoms with van der Waals surface area (Å²) in [6, 6.07) is 2.94. The van der Waals surface area contributed by atoms with Gasteiger partial charge in [0.1, 0.15) is 5.69 Å². The van der Waals surface area contributed by atoms with Gasteiger partial charge in [0.15, 0.2) is 0 Å². The number of hydrogen-bond donors (Lipinski definition) is 0. The first-order valence-corrected chi connectivity index (χ1v) is 3.82. The van der Waals surface area contributed by atoms with E-state index in [1.54, 1.807) is 0 Å². The van der Waals surface area contributed by atoms with Crippen LogP contribution in [0.2, 0.25) is 5.02 Å². The number of pyridine rings is 1. The summed E-state index contributed by atoms with van der Waals surface area (Å²) in [4.78, 5) is 3.47. The minimum atomic E-state index is -2.63. The fourth-order valence-electron chi connectivity index (χ4n) is 0.809. The van der Waals surface area contributed by atoms with Gasteiger partial charge in [0.05, 0.1) is 12.5 Å². The highest BCUT2D eigenvalue weighted by Gasteiger charge is 2.10. The van der Waals surface area contributed by atoms with Crippen LogP contribution >= 0.6 is 11.6 Å². The van der Waals surface area contributed by atoms with Crippen molar-refractivity contribution in [3.8, 4) is 6.07 Å². The van der Waals surface area contributed by atoms with Crippen LogP contribution in [0.25, 0.3) is 0 Å². The summed E-state index contributed by atoms with van der Waals surface area (Å²) in [6.07, 6.45) is -1.35. The number of nitrogens with zero attached hydrogens (tertiary/aromatic N) is 2. The third-order valence-corrected chi connectivity index (χ3v) is 1.80. The largest absolute Gasteiger partial charge is 0.280 e. The summed E-state index contributed by atoms with van der Waals surface area (Å²) in [5, 5.41) is 8.50. The molecule has 1 rings (SSSR count). The Hall–Kier alpha value is -1.21. The molecule has 0 atom stereocenters. The van der Waals surface area contributed by atoms with Gasteiger partial charge in [-0.2, -0.15) is 5.26 Å². The van der Waals surface area contributed by atoms with Gasteiger partial charge in [0.2, 0.25) is 0 Å². The normalized spacial score (nSPS) is 10.1. The Morgan fingerprint density at radius 1 is 1.62 bits per heavy atom. The predicted octanol–water partition coefficient (Wildman–Crippen LogP) is 2.74. The molecule has 0 fully saturated rings. The van der Waals surface area contributed by atoms with E-state index >= 15 is 0 Å². The zero-order valence-electron chi connectivity index (χ0n) is 6.47. The van der Waals surface area contributed by atoms with E-state index in [-0.39, 0.29) is 17.1 Å². The van der Waals surface area contributed by atoms with Crippen molar-refractivity contribution in [2.75, 3.05) is 0 Å².